The smallest absolute Gasteiger partial charge is 0.118 e. The predicted molar refractivity (Wildman–Crippen MR) is 75.3 cm³/mol. The van der Waals surface area contributed by atoms with Crippen LogP contribution in [-0.2, 0) is 4.74 Å². The lowest BCUT2D eigenvalue weighted by molar-refractivity contribution is 0.0858. The van der Waals surface area contributed by atoms with Crippen LogP contribution >= 0.6 is 0 Å². The first-order chi connectivity index (χ1) is 8.84. The molecule has 0 saturated carbocycles. The Morgan fingerprint density at radius 3 is 2.78 bits per heavy atom. The molecule has 1 nitrogen and oxygen atoms in total. The molecule has 0 aromatic heterocycles. The van der Waals surface area contributed by atoms with E-state index >= 15 is 0 Å². The highest BCUT2D eigenvalue weighted by Crippen LogP contribution is 2.17. The molecule has 1 aliphatic rings. The Morgan fingerprint density at radius 2 is 1.94 bits per heavy atom. The van der Waals surface area contributed by atoms with Gasteiger partial charge in [0.25, 0.3) is 0 Å². The molecule has 1 atom stereocenters. The van der Waals surface area contributed by atoms with E-state index in [2.05, 4.69) is 18.4 Å². The Balaban J connectivity index is 1.98. The van der Waals surface area contributed by atoms with Crippen molar-refractivity contribution in [2.75, 3.05) is 6.61 Å². The average molecular weight is 240 g/mol. The van der Waals surface area contributed by atoms with Crippen molar-refractivity contribution in [2.45, 2.75) is 38.2 Å². The second-order valence-electron chi connectivity index (χ2n) is 4.74. The molecule has 18 heavy (non-hydrogen) atoms. The van der Waals surface area contributed by atoms with E-state index < -0.39 is 0 Å². The first-order valence-corrected chi connectivity index (χ1v) is 6.69. The summed E-state index contributed by atoms with van der Waals surface area (Å²) in [6.45, 7) is 4.93. The highest BCUT2D eigenvalue weighted by Gasteiger charge is 2.09. The number of benzene rings is 1. The zero-order valence-electron chi connectivity index (χ0n) is 10.8. The van der Waals surface area contributed by atoms with Gasteiger partial charge in [-0.15, -0.1) is 0 Å². The fourth-order valence-corrected chi connectivity index (χ4v) is 2.05. The fraction of sp³-hybridized carbons (Fsp3) is 0.412. The highest BCUT2D eigenvalue weighted by atomic mass is 16.5. The summed E-state index contributed by atoms with van der Waals surface area (Å²) in [5.74, 6) is 6.43. The van der Waals surface area contributed by atoms with Gasteiger partial charge >= 0.3 is 0 Å². The first kappa shape index (κ1) is 12.9. The zero-order chi connectivity index (χ0) is 12.6. The van der Waals surface area contributed by atoms with Crippen LogP contribution in [0.5, 0.6) is 0 Å². The number of hydrogen-bond donors (Lipinski definition) is 0. The van der Waals surface area contributed by atoms with Crippen LogP contribution in [0.2, 0.25) is 0 Å². The number of rotatable bonds is 0. The first-order valence-electron chi connectivity index (χ1n) is 6.69. The minimum absolute atomic E-state index is 0.0556. The van der Waals surface area contributed by atoms with E-state index in [0.717, 1.165) is 37.9 Å². The summed E-state index contributed by atoms with van der Waals surface area (Å²) in [5.41, 5.74) is 2.40. The third-order valence-corrected chi connectivity index (χ3v) is 3.16. The second-order valence-corrected chi connectivity index (χ2v) is 4.74. The molecule has 94 valence electrons. The van der Waals surface area contributed by atoms with Crippen LogP contribution in [0.15, 0.2) is 42.5 Å². The van der Waals surface area contributed by atoms with Crippen LogP contribution in [0.3, 0.4) is 0 Å². The summed E-state index contributed by atoms with van der Waals surface area (Å²) >= 11 is 0. The quantitative estimate of drug-likeness (QED) is 0.493. The molecule has 0 aliphatic carbocycles. The third-order valence-electron chi connectivity index (χ3n) is 3.16. The van der Waals surface area contributed by atoms with Gasteiger partial charge in [0, 0.05) is 12.2 Å². The topological polar surface area (TPSA) is 9.23 Å². The fourth-order valence-electron chi connectivity index (χ4n) is 2.05. The molecule has 1 saturated heterocycles. The Bertz CT molecular complexity index is 436. The summed E-state index contributed by atoms with van der Waals surface area (Å²) in [5, 5.41) is 0. The van der Waals surface area contributed by atoms with Gasteiger partial charge in [0.15, 0.2) is 0 Å². The molecule has 0 radical (unpaired) electrons. The molecule has 1 aromatic rings. The van der Waals surface area contributed by atoms with Crippen molar-refractivity contribution >= 4 is 0 Å². The normalized spacial score (nSPS) is 21.1. The van der Waals surface area contributed by atoms with Gasteiger partial charge in [-0.05, 0) is 44.2 Å². The zero-order valence-corrected chi connectivity index (χ0v) is 10.8. The van der Waals surface area contributed by atoms with E-state index in [4.69, 9.17) is 4.74 Å². The monoisotopic (exact) mass is 240 g/mol. The van der Waals surface area contributed by atoms with Gasteiger partial charge in [-0.1, -0.05) is 42.2 Å². The van der Waals surface area contributed by atoms with Crippen molar-refractivity contribution in [3.8, 4) is 11.8 Å². The molecule has 1 aromatic carbocycles. The van der Waals surface area contributed by atoms with E-state index in [1.807, 2.05) is 30.3 Å². The summed E-state index contributed by atoms with van der Waals surface area (Å²) in [6.07, 6.45) is 5.51. The van der Waals surface area contributed by atoms with Crippen molar-refractivity contribution in [3.63, 3.8) is 0 Å². The van der Waals surface area contributed by atoms with E-state index in [1.54, 1.807) is 0 Å². The molecule has 1 heterocycles. The Labute approximate surface area is 110 Å². The average Bonchev–Trinajstić information content (AvgIpc) is 2.50. The summed E-state index contributed by atoms with van der Waals surface area (Å²) < 4.78 is 5.82. The SMILES string of the molecule is C=C1CCCCOC(C#Cc2ccccc2)CC1. The molecular weight excluding hydrogens is 220 g/mol. The Hall–Kier alpha value is -1.52. The Morgan fingerprint density at radius 1 is 1.11 bits per heavy atom. The van der Waals surface area contributed by atoms with Crippen LogP contribution in [0.25, 0.3) is 0 Å². The predicted octanol–water partition coefficient (Wildman–Crippen LogP) is 3.94. The van der Waals surface area contributed by atoms with E-state index in [1.165, 1.54) is 12.0 Å². The summed E-state index contributed by atoms with van der Waals surface area (Å²) in [4.78, 5) is 0. The highest BCUT2D eigenvalue weighted by molar-refractivity contribution is 5.34. The molecular formula is C17H20O. The Kier molecular flexibility index (Phi) is 5.05. The minimum atomic E-state index is 0.0556. The summed E-state index contributed by atoms with van der Waals surface area (Å²) in [6, 6.07) is 10.1. The van der Waals surface area contributed by atoms with Gasteiger partial charge in [-0.3, -0.25) is 0 Å². The summed E-state index contributed by atoms with van der Waals surface area (Å²) in [7, 11) is 0. The van der Waals surface area contributed by atoms with Crippen LogP contribution in [-0.4, -0.2) is 12.7 Å². The van der Waals surface area contributed by atoms with Crippen molar-refractivity contribution in [1.82, 2.24) is 0 Å². The van der Waals surface area contributed by atoms with E-state index in [0.29, 0.717) is 0 Å². The number of allylic oxidation sites excluding steroid dienone is 1. The van der Waals surface area contributed by atoms with Gasteiger partial charge < -0.3 is 4.74 Å². The van der Waals surface area contributed by atoms with Crippen LogP contribution in [0.1, 0.15) is 37.7 Å². The van der Waals surface area contributed by atoms with Crippen LogP contribution in [0, 0.1) is 11.8 Å². The van der Waals surface area contributed by atoms with Gasteiger partial charge in [-0.2, -0.15) is 0 Å². The van der Waals surface area contributed by atoms with E-state index in [9.17, 15) is 0 Å². The van der Waals surface area contributed by atoms with Gasteiger partial charge in [0.05, 0.1) is 0 Å². The van der Waals surface area contributed by atoms with Gasteiger partial charge in [0.2, 0.25) is 0 Å². The maximum atomic E-state index is 5.82. The van der Waals surface area contributed by atoms with Gasteiger partial charge in [0.1, 0.15) is 6.10 Å². The molecule has 0 spiro atoms. The van der Waals surface area contributed by atoms with Crippen molar-refractivity contribution < 1.29 is 4.74 Å². The molecule has 1 unspecified atom stereocenters. The maximum absolute atomic E-state index is 5.82. The maximum Gasteiger partial charge on any atom is 0.118 e. The van der Waals surface area contributed by atoms with Gasteiger partial charge in [-0.25, -0.2) is 0 Å². The standard InChI is InChI=1S/C17H20O/c1-15-7-5-6-14-18-17(12-10-15)13-11-16-8-3-2-4-9-16/h2-4,8-9,17H,1,5-7,10,12,14H2. The lowest BCUT2D eigenvalue weighted by atomic mass is 10.0. The van der Waals surface area contributed by atoms with Crippen molar-refractivity contribution in [2.24, 2.45) is 0 Å². The van der Waals surface area contributed by atoms with Crippen molar-refractivity contribution in [3.05, 3.63) is 48.0 Å². The lowest BCUT2D eigenvalue weighted by Crippen LogP contribution is -2.10. The molecule has 1 heteroatoms. The second kappa shape index (κ2) is 7.03. The largest absolute Gasteiger partial charge is 0.366 e. The molecule has 1 aliphatic heterocycles. The number of hydrogen-bond acceptors (Lipinski definition) is 1. The lowest BCUT2D eigenvalue weighted by Gasteiger charge is -2.10. The van der Waals surface area contributed by atoms with Crippen molar-refractivity contribution in [1.29, 1.82) is 0 Å². The molecule has 0 amide bonds. The third kappa shape index (κ3) is 4.39. The van der Waals surface area contributed by atoms with Crippen LogP contribution in [0.4, 0.5) is 0 Å². The minimum Gasteiger partial charge on any atom is -0.366 e. The molecule has 0 bridgehead atoms. The molecule has 0 N–H and O–H groups in total. The van der Waals surface area contributed by atoms with Crippen LogP contribution < -0.4 is 0 Å². The van der Waals surface area contributed by atoms with E-state index in [-0.39, 0.29) is 6.10 Å². The number of ether oxygens (including phenoxy) is 1. The molecule has 1 fully saturated rings. The molecule has 2 rings (SSSR count).